The normalized spacial score (nSPS) is 29.8. The summed E-state index contributed by atoms with van der Waals surface area (Å²) in [5, 5.41) is 3.71. The van der Waals surface area contributed by atoms with E-state index in [0.29, 0.717) is 0 Å². The minimum atomic E-state index is 0. The lowest BCUT2D eigenvalue weighted by atomic mass is 10.1. The summed E-state index contributed by atoms with van der Waals surface area (Å²) >= 11 is 1.77. The van der Waals surface area contributed by atoms with Crippen molar-refractivity contribution in [3.8, 4) is 0 Å². The first kappa shape index (κ1) is 12.3. The van der Waals surface area contributed by atoms with E-state index >= 15 is 0 Å². The second-order valence-corrected chi connectivity index (χ2v) is 5.60. The Morgan fingerprint density at radius 2 is 2.25 bits per heavy atom. The van der Waals surface area contributed by atoms with Gasteiger partial charge in [0.15, 0.2) is 0 Å². The van der Waals surface area contributed by atoms with Gasteiger partial charge in [-0.2, -0.15) is 0 Å². The van der Waals surface area contributed by atoms with E-state index in [2.05, 4.69) is 15.2 Å². The molecule has 0 radical (unpaired) electrons. The van der Waals surface area contributed by atoms with E-state index in [1.54, 1.807) is 11.3 Å². The molecule has 2 unspecified atom stereocenters. The summed E-state index contributed by atoms with van der Waals surface area (Å²) in [7, 11) is 0. The van der Waals surface area contributed by atoms with E-state index in [1.165, 1.54) is 37.2 Å². The molecule has 1 aromatic rings. The molecule has 2 fully saturated rings. The topological polar surface area (TPSA) is 28.2 Å². The third-order valence-electron chi connectivity index (χ3n) is 3.47. The van der Waals surface area contributed by atoms with Gasteiger partial charge in [0.05, 0.1) is 5.51 Å². The molecule has 3 heterocycles. The number of nitrogens with one attached hydrogen (secondary N) is 1. The van der Waals surface area contributed by atoms with Crippen LogP contribution in [0.15, 0.2) is 11.7 Å². The lowest BCUT2D eigenvalue weighted by Gasteiger charge is -2.22. The van der Waals surface area contributed by atoms with Crippen molar-refractivity contribution in [1.29, 1.82) is 0 Å². The van der Waals surface area contributed by atoms with Gasteiger partial charge >= 0.3 is 0 Å². The molecule has 2 atom stereocenters. The first-order valence-corrected chi connectivity index (χ1v) is 6.64. The standard InChI is InChI=1S/C11H17N3S.ClH/c1-2-10-6-14(4-3-9(1)13-10)7-11-5-12-8-15-11;/h5,8-10,13H,1-4,6-7H2;1H. The molecule has 2 saturated heterocycles. The smallest absolute Gasteiger partial charge is 0.0794 e. The zero-order valence-corrected chi connectivity index (χ0v) is 10.9. The SMILES string of the molecule is Cl.c1ncc(CN2CCC3CCC(C2)N3)s1. The van der Waals surface area contributed by atoms with Gasteiger partial charge in [-0.05, 0) is 19.3 Å². The van der Waals surface area contributed by atoms with E-state index in [4.69, 9.17) is 0 Å². The number of halogens is 1. The van der Waals surface area contributed by atoms with Crippen molar-refractivity contribution in [2.45, 2.75) is 37.9 Å². The second kappa shape index (κ2) is 5.45. The van der Waals surface area contributed by atoms with Gasteiger partial charge in [-0.3, -0.25) is 9.88 Å². The molecule has 1 N–H and O–H groups in total. The average Bonchev–Trinajstić information content (AvgIpc) is 2.80. The van der Waals surface area contributed by atoms with E-state index in [1.807, 2.05) is 11.7 Å². The molecule has 3 rings (SSSR count). The Bertz CT molecular complexity index is 317. The van der Waals surface area contributed by atoms with Gasteiger partial charge in [0.1, 0.15) is 0 Å². The van der Waals surface area contributed by atoms with Crippen molar-refractivity contribution in [1.82, 2.24) is 15.2 Å². The maximum absolute atomic E-state index is 4.14. The fourth-order valence-corrected chi connectivity index (χ4v) is 3.34. The number of rotatable bonds is 2. The van der Waals surface area contributed by atoms with Gasteiger partial charge in [-0.1, -0.05) is 0 Å². The maximum Gasteiger partial charge on any atom is 0.0794 e. The van der Waals surface area contributed by atoms with Crippen LogP contribution in [-0.2, 0) is 6.54 Å². The number of fused-ring (bicyclic) bond motifs is 2. The fraction of sp³-hybridized carbons (Fsp3) is 0.727. The lowest BCUT2D eigenvalue weighted by molar-refractivity contribution is 0.253. The van der Waals surface area contributed by atoms with Crippen LogP contribution < -0.4 is 5.32 Å². The van der Waals surface area contributed by atoms with Gasteiger partial charge < -0.3 is 5.32 Å². The minimum absolute atomic E-state index is 0. The molecule has 3 nitrogen and oxygen atoms in total. The molecule has 1 aromatic heterocycles. The van der Waals surface area contributed by atoms with Crippen molar-refractivity contribution < 1.29 is 0 Å². The van der Waals surface area contributed by atoms with Crippen LogP contribution >= 0.6 is 23.7 Å². The van der Waals surface area contributed by atoms with Crippen LogP contribution in [-0.4, -0.2) is 35.1 Å². The number of likely N-dealkylation sites (tertiary alicyclic amines) is 1. The summed E-state index contributed by atoms with van der Waals surface area (Å²) in [6.45, 7) is 3.55. The number of aromatic nitrogens is 1. The first-order valence-electron chi connectivity index (χ1n) is 5.76. The molecule has 2 aliphatic heterocycles. The highest BCUT2D eigenvalue weighted by Gasteiger charge is 2.29. The Morgan fingerprint density at radius 1 is 1.38 bits per heavy atom. The highest BCUT2D eigenvalue weighted by molar-refractivity contribution is 7.09. The first-order chi connectivity index (χ1) is 7.40. The summed E-state index contributed by atoms with van der Waals surface area (Å²) < 4.78 is 0. The van der Waals surface area contributed by atoms with Crippen LogP contribution in [0.1, 0.15) is 24.1 Å². The Hall–Kier alpha value is -0.160. The number of hydrogen-bond acceptors (Lipinski definition) is 4. The van der Waals surface area contributed by atoms with Gasteiger partial charge in [-0.25, -0.2) is 0 Å². The number of hydrogen-bond donors (Lipinski definition) is 1. The summed E-state index contributed by atoms with van der Waals surface area (Å²) in [5.74, 6) is 0. The summed E-state index contributed by atoms with van der Waals surface area (Å²) in [4.78, 5) is 8.11. The van der Waals surface area contributed by atoms with E-state index in [9.17, 15) is 0 Å². The average molecular weight is 260 g/mol. The Kier molecular flexibility index (Phi) is 4.19. The predicted molar refractivity (Wildman–Crippen MR) is 69.2 cm³/mol. The van der Waals surface area contributed by atoms with Crippen molar-refractivity contribution in [3.63, 3.8) is 0 Å². The summed E-state index contributed by atoms with van der Waals surface area (Å²) in [5.41, 5.74) is 1.93. The quantitative estimate of drug-likeness (QED) is 0.879. The Labute approximate surface area is 107 Å². The Balaban J connectivity index is 0.000000963. The molecular formula is C11H18ClN3S. The summed E-state index contributed by atoms with van der Waals surface area (Å²) in [6.07, 6.45) is 6.07. The van der Waals surface area contributed by atoms with E-state index < -0.39 is 0 Å². The molecule has 0 aromatic carbocycles. The molecule has 2 bridgehead atoms. The van der Waals surface area contributed by atoms with E-state index in [-0.39, 0.29) is 12.4 Å². The zero-order chi connectivity index (χ0) is 10.1. The monoisotopic (exact) mass is 259 g/mol. The predicted octanol–water partition coefficient (Wildman–Crippen LogP) is 1.89. The van der Waals surface area contributed by atoms with Gasteiger partial charge in [0.25, 0.3) is 0 Å². The molecule has 5 heteroatoms. The minimum Gasteiger partial charge on any atom is -0.310 e. The lowest BCUT2D eigenvalue weighted by Crippen LogP contribution is -2.34. The molecule has 0 aliphatic carbocycles. The van der Waals surface area contributed by atoms with Crippen LogP contribution in [0.4, 0.5) is 0 Å². The second-order valence-electron chi connectivity index (χ2n) is 4.63. The molecule has 90 valence electrons. The molecule has 0 amide bonds. The summed E-state index contributed by atoms with van der Waals surface area (Å²) in [6, 6.07) is 1.53. The molecule has 0 saturated carbocycles. The highest BCUT2D eigenvalue weighted by Crippen LogP contribution is 2.22. The van der Waals surface area contributed by atoms with Crippen LogP contribution in [0, 0.1) is 0 Å². The van der Waals surface area contributed by atoms with Crippen LogP contribution in [0.2, 0.25) is 0 Å². The third kappa shape index (κ3) is 2.74. The van der Waals surface area contributed by atoms with Crippen molar-refractivity contribution >= 4 is 23.7 Å². The van der Waals surface area contributed by atoms with Crippen LogP contribution in [0.25, 0.3) is 0 Å². The molecule has 2 aliphatic rings. The van der Waals surface area contributed by atoms with E-state index in [0.717, 1.165) is 18.6 Å². The highest BCUT2D eigenvalue weighted by atomic mass is 35.5. The van der Waals surface area contributed by atoms with Crippen molar-refractivity contribution in [2.24, 2.45) is 0 Å². The number of nitrogens with zero attached hydrogens (tertiary/aromatic N) is 2. The maximum atomic E-state index is 4.14. The van der Waals surface area contributed by atoms with Gasteiger partial charge in [0, 0.05) is 42.8 Å². The van der Waals surface area contributed by atoms with Gasteiger partial charge in [-0.15, -0.1) is 23.7 Å². The van der Waals surface area contributed by atoms with Crippen molar-refractivity contribution in [2.75, 3.05) is 13.1 Å². The van der Waals surface area contributed by atoms with Crippen molar-refractivity contribution in [3.05, 3.63) is 16.6 Å². The fourth-order valence-electron chi connectivity index (χ4n) is 2.70. The zero-order valence-electron chi connectivity index (χ0n) is 9.26. The largest absolute Gasteiger partial charge is 0.310 e. The van der Waals surface area contributed by atoms with Crippen LogP contribution in [0.3, 0.4) is 0 Å². The third-order valence-corrected chi connectivity index (χ3v) is 4.23. The molecule has 16 heavy (non-hydrogen) atoms. The number of thiazole rings is 1. The van der Waals surface area contributed by atoms with Crippen LogP contribution in [0.5, 0.6) is 0 Å². The Morgan fingerprint density at radius 3 is 3.06 bits per heavy atom. The van der Waals surface area contributed by atoms with Gasteiger partial charge in [0.2, 0.25) is 0 Å². The molecular weight excluding hydrogens is 242 g/mol. The molecule has 0 spiro atoms.